The highest BCUT2D eigenvalue weighted by atomic mass is 35.5. The van der Waals surface area contributed by atoms with Gasteiger partial charge in [-0.3, -0.25) is 9.71 Å². The van der Waals surface area contributed by atoms with Crippen molar-refractivity contribution in [3.63, 3.8) is 0 Å². The number of anilines is 1. The second-order valence-electron chi connectivity index (χ2n) is 8.32. The van der Waals surface area contributed by atoms with Crippen molar-refractivity contribution < 1.29 is 8.42 Å². The number of hydrogen-bond acceptors (Lipinski definition) is 4. The van der Waals surface area contributed by atoms with E-state index < -0.39 is 14.8 Å². The Balaban J connectivity index is 1.91. The van der Waals surface area contributed by atoms with Crippen LogP contribution in [-0.4, -0.2) is 22.7 Å². The number of para-hydroxylation sites is 1. The Kier molecular flexibility index (Phi) is 5.45. The number of halogens is 1. The highest BCUT2D eigenvalue weighted by Gasteiger charge is 2.29. The van der Waals surface area contributed by atoms with Crippen LogP contribution in [0.2, 0.25) is 5.02 Å². The van der Waals surface area contributed by atoms with Crippen LogP contribution >= 0.6 is 11.6 Å². The van der Waals surface area contributed by atoms with Crippen LogP contribution in [0.1, 0.15) is 26.3 Å². The molecule has 4 rings (SSSR count). The second-order valence-corrected chi connectivity index (χ2v) is 11.2. The number of sulfonamides is 1. The van der Waals surface area contributed by atoms with E-state index >= 15 is 0 Å². The monoisotopic (exact) mass is 464 g/mol. The summed E-state index contributed by atoms with van der Waals surface area (Å²) in [6.45, 7) is 4.91. The molecule has 8 heteroatoms. The number of nitriles is 1. The third-order valence-corrected chi connectivity index (χ3v) is 7.44. The lowest BCUT2D eigenvalue weighted by Gasteiger charge is -2.20. The SMILES string of the molecule is CC(C)(C)S(=O)(=O)Nc1ccc(-c2c(C#N)c3ncc(Cl)cc3n2-c2ccccc2)cc1. The fraction of sp³-hybridized carbons (Fsp3) is 0.167. The standard InChI is InChI=1S/C24H21ClN4O2S/c1-24(2,3)32(30,31)28-18-11-9-16(10-12-18)23-20(14-26)22-21(13-17(25)15-27-22)29(23)19-7-5-4-6-8-19/h4-13,15,28H,1-3H3. The molecule has 2 aromatic carbocycles. The molecule has 0 saturated carbocycles. The Morgan fingerprint density at radius 3 is 2.31 bits per heavy atom. The van der Waals surface area contributed by atoms with E-state index in [1.165, 1.54) is 6.20 Å². The summed E-state index contributed by atoms with van der Waals surface area (Å²) in [6, 6.07) is 20.7. The summed E-state index contributed by atoms with van der Waals surface area (Å²) in [5.74, 6) is 0. The minimum absolute atomic E-state index is 0.420. The molecule has 0 radical (unpaired) electrons. The Labute approximate surface area is 192 Å². The van der Waals surface area contributed by atoms with Gasteiger partial charge in [0.15, 0.2) is 0 Å². The lowest BCUT2D eigenvalue weighted by molar-refractivity contribution is 0.566. The molecule has 0 aliphatic heterocycles. The summed E-state index contributed by atoms with van der Waals surface area (Å²) < 4.78 is 28.6. The van der Waals surface area contributed by atoms with Crippen molar-refractivity contribution in [3.8, 4) is 23.0 Å². The molecule has 2 heterocycles. The number of fused-ring (bicyclic) bond motifs is 1. The quantitative estimate of drug-likeness (QED) is 0.416. The molecule has 0 spiro atoms. The highest BCUT2D eigenvalue weighted by Crippen LogP contribution is 2.36. The van der Waals surface area contributed by atoms with Gasteiger partial charge in [-0.25, -0.2) is 8.42 Å². The smallest absolute Gasteiger partial charge is 0.237 e. The lowest BCUT2D eigenvalue weighted by atomic mass is 10.1. The number of aromatic nitrogens is 2. The van der Waals surface area contributed by atoms with Crippen molar-refractivity contribution in [3.05, 3.63) is 77.4 Å². The number of benzene rings is 2. The van der Waals surface area contributed by atoms with Crippen molar-refractivity contribution >= 4 is 38.3 Å². The van der Waals surface area contributed by atoms with Gasteiger partial charge < -0.3 is 4.57 Å². The number of nitrogens with one attached hydrogen (secondary N) is 1. The number of pyridine rings is 1. The third kappa shape index (κ3) is 3.83. The van der Waals surface area contributed by atoms with Crippen LogP contribution in [0.3, 0.4) is 0 Å². The van der Waals surface area contributed by atoms with E-state index in [2.05, 4.69) is 15.8 Å². The fourth-order valence-corrected chi connectivity index (χ4v) is 4.27. The van der Waals surface area contributed by atoms with Crippen LogP contribution in [0.5, 0.6) is 0 Å². The van der Waals surface area contributed by atoms with Crippen molar-refractivity contribution in [2.75, 3.05) is 4.72 Å². The van der Waals surface area contributed by atoms with Crippen LogP contribution < -0.4 is 4.72 Å². The predicted octanol–water partition coefficient (Wildman–Crippen LogP) is 5.76. The van der Waals surface area contributed by atoms with Gasteiger partial charge >= 0.3 is 0 Å². The first kappa shape index (κ1) is 21.9. The highest BCUT2D eigenvalue weighted by molar-refractivity contribution is 7.94. The van der Waals surface area contributed by atoms with Crippen molar-refractivity contribution in [1.82, 2.24) is 9.55 Å². The summed E-state index contributed by atoms with van der Waals surface area (Å²) in [4.78, 5) is 4.41. The molecule has 0 fully saturated rings. The van der Waals surface area contributed by atoms with Crippen molar-refractivity contribution in [2.45, 2.75) is 25.5 Å². The largest absolute Gasteiger partial charge is 0.306 e. The molecule has 4 aromatic rings. The first-order chi connectivity index (χ1) is 15.1. The van der Waals surface area contributed by atoms with Gasteiger partial charge in [-0.1, -0.05) is 41.9 Å². The molecule has 6 nitrogen and oxygen atoms in total. The Bertz CT molecular complexity index is 1450. The number of nitrogens with zero attached hydrogens (tertiary/aromatic N) is 3. The van der Waals surface area contributed by atoms with Crippen LogP contribution in [0.15, 0.2) is 66.9 Å². The zero-order valence-electron chi connectivity index (χ0n) is 17.8. The van der Waals surface area contributed by atoms with Gasteiger partial charge in [0, 0.05) is 23.1 Å². The van der Waals surface area contributed by atoms with E-state index in [0.717, 1.165) is 11.3 Å². The van der Waals surface area contributed by atoms with E-state index in [9.17, 15) is 13.7 Å². The zero-order chi connectivity index (χ0) is 23.1. The van der Waals surface area contributed by atoms with Gasteiger partial charge in [0.05, 0.1) is 21.0 Å². The second kappa shape index (κ2) is 7.97. The van der Waals surface area contributed by atoms with Gasteiger partial charge in [0.1, 0.15) is 17.1 Å². The Morgan fingerprint density at radius 1 is 1.06 bits per heavy atom. The fourth-order valence-electron chi connectivity index (χ4n) is 3.37. The molecule has 0 aliphatic rings. The lowest BCUT2D eigenvalue weighted by Crippen LogP contribution is -2.33. The molecule has 0 atom stereocenters. The van der Waals surface area contributed by atoms with E-state index in [1.807, 2.05) is 34.9 Å². The van der Waals surface area contributed by atoms with Gasteiger partial charge in [0.25, 0.3) is 0 Å². The molecule has 0 unspecified atom stereocenters. The minimum Gasteiger partial charge on any atom is -0.306 e. The molecular weight excluding hydrogens is 444 g/mol. The van der Waals surface area contributed by atoms with Gasteiger partial charge in [-0.2, -0.15) is 5.26 Å². The summed E-state index contributed by atoms with van der Waals surface area (Å²) in [6.07, 6.45) is 1.52. The Hall–Kier alpha value is -3.34. The molecule has 1 N–H and O–H groups in total. The van der Waals surface area contributed by atoms with E-state index in [0.29, 0.717) is 33.0 Å². The van der Waals surface area contributed by atoms with Gasteiger partial charge in [-0.15, -0.1) is 0 Å². The summed E-state index contributed by atoms with van der Waals surface area (Å²) >= 11 is 6.22. The first-order valence-corrected chi connectivity index (χ1v) is 11.8. The van der Waals surface area contributed by atoms with Crippen LogP contribution in [-0.2, 0) is 10.0 Å². The van der Waals surface area contributed by atoms with Crippen LogP contribution in [0.4, 0.5) is 5.69 Å². The van der Waals surface area contributed by atoms with E-state index in [4.69, 9.17) is 11.6 Å². The average Bonchev–Trinajstić information content (AvgIpc) is 3.07. The zero-order valence-corrected chi connectivity index (χ0v) is 19.4. The molecule has 0 aliphatic carbocycles. The number of rotatable bonds is 4. The molecule has 0 bridgehead atoms. The summed E-state index contributed by atoms with van der Waals surface area (Å²) in [7, 11) is -3.55. The van der Waals surface area contributed by atoms with E-state index in [-0.39, 0.29) is 0 Å². The number of hydrogen-bond donors (Lipinski definition) is 1. The topological polar surface area (TPSA) is 87.8 Å². The average molecular weight is 465 g/mol. The van der Waals surface area contributed by atoms with Crippen molar-refractivity contribution in [2.24, 2.45) is 0 Å². The molecule has 2 aromatic heterocycles. The van der Waals surface area contributed by atoms with E-state index in [1.54, 1.807) is 51.1 Å². The van der Waals surface area contributed by atoms with Gasteiger partial charge in [0.2, 0.25) is 10.0 Å². The maximum atomic E-state index is 12.5. The van der Waals surface area contributed by atoms with Gasteiger partial charge in [-0.05, 0) is 51.1 Å². The summed E-state index contributed by atoms with van der Waals surface area (Å²) in [5.41, 5.74) is 4.40. The maximum absolute atomic E-state index is 12.5. The molecule has 0 amide bonds. The predicted molar refractivity (Wildman–Crippen MR) is 129 cm³/mol. The Morgan fingerprint density at radius 2 is 1.72 bits per heavy atom. The van der Waals surface area contributed by atoms with Crippen LogP contribution in [0.25, 0.3) is 28.0 Å². The van der Waals surface area contributed by atoms with Crippen LogP contribution in [0, 0.1) is 11.3 Å². The maximum Gasteiger partial charge on any atom is 0.237 e. The molecule has 162 valence electrons. The normalized spacial score (nSPS) is 12.0. The summed E-state index contributed by atoms with van der Waals surface area (Å²) in [5, 5.41) is 10.4. The molecule has 32 heavy (non-hydrogen) atoms. The molecule has 0 saturated heterocycles. The molecular formula is C24H21ClN4O2S. The minimum atomic E-state index is -3.55. The van der Waals surface area contributed by atoms with Crippen molar-refractivity contribution in [1.29, 1.82) is 5.26 Å². The first-order valence-electron chi connectivity index (χ1n) is 9.90. The third-order valence-electron chi connectivity index (χ3n) is 5.12.